The number of amides is 2. The van der Waals surface area contributed by atoms with Gasteiger partial charge in [0.05, 0.1) is 24.7 Å². The lowest BCUT2D eigenvalue weighted by atomic mass is 9.96. The summed E-state index contributed by atoms with van der Waals surface area (Å²) in [7, 11) is 0. The molecule has 4 rings (SSSR count). The zero-order valence-electron chi connectivity index (χ0n) is 20.6. The van der Waals surface area contributed by atoms with Gasteiger partial charge in [-0.3, -0.25) is 4.79 Å². The largest absolute Gasteiger partial charge is 0.466 e. The van der Waals surface area contributed by atoms with Gasteiger partial charge in [0.25, 0.3) is 0 Å². The van der Waals surface area contributed by atoms with Crippen LogP contribution >= 0.6 is 11.8 Å². The number of carbonyl (C=O) groups is 2. The van der Waals surface area contributed by atoms with Crippen LogP contribution in [0.4, 0.5) is 4.79 Å². The Hall–Kier alpha value is -2.51. The fraction of sp³-hybridized carbons (Fsp3) is 0.500. The number of carbonyl (C=O) groups excluding carboxylic acids is 2. The Bertz CT molecular complexity index is 989. The molecule has 2 aromatic carbocycles. The van der Waals surface area contributed by atoms with Crippen molar-refractivity contribution in [2.75, 3.05) is 12.4 Å². The molecule has 2 aromatic rings. The SMILES string of the molecule is CCCOC(=O)CCCCC1(O)SCC2C1N(Cc1ccccc1)C(=O)N2C(C)c1ccccc1. The van der Waals surface area contributed by atoms with Crippen molar-refractivity contribution in [1.82, 2.24) is 9.80 Å². The number of rotatable bonds is 11. The van der Waals surface area contributed by atoms with Crippen LogP contribution in [0, 0.1) is 0 Å². The first-order valence-corrected chi connectivity index (χ1v) is 13.6. The molecule has 7 heteroatoms. The van der Waals surface area contributed by atoms with Gasteiger partial charge in [0.2, 0.25) is 0 Å². The summed E-state index contributed by atoms with van der Waals surface area (Å²) < 4.78 is 5.17. The first-order valence-electron chi connectivity index (χ1n) is 12.6. The van der Waals surface area contributed by atoms with Crippen LogP contribution in [-0.4, -0.2) is 56.3 Å². The smallest absolute Gasteiger partial charge is 0.321 e. The highest BCUT2D eigenvalue weighted by Crippen LogP contribution is 2.50. The minimum atomic E-state index is -1.05. The molecule has 4 atom stereocenters. The van der Waals surface area contributed by atoms with Crippen molar-refractivity contribution in [3.05, 3.63) is 71.8 Å². The van der Waals surface area contributed by atoms with Gasteiger partial charge in [0.15, 0.2) is 0 Å². The van der Waals surface area contributed by atoms with Crippen molar-refractivity contribution in [3.8, 4) is 0 Å². The van der Waals surface area contributed by atoms with E-state index >= 15 is 0 Å². The second-order valence-corrected chi connectivity index (χ2v) is 10.8. The molecule has 2 fully saturated rings. The Kier molecular flexibility index (Phi) is 8.39. The van der Waals surface area contributed by atoms with E-state index in [9.17, 15) is 14.7 Å². The monoisotopic (exact) mass is 496 g/mol. The third-order valence-corrected chi connectivity index (χ3v) is 8.47. The van der Waals surface area contributed by atoms with E-state index < -0.39 is 4.93 Å². The van der Waals surface area contributed by atoms with E-state index in [0.29, 0.717) is 44.6 Å². The lowest BCUT2D eigenvalue weighted by molar-refractivity contribution is -0.143. The summed E-state index contributed by atoms with van der Waals surface area (Å²) >= 11 is 1.55. The number of ether oxygens (including phenoxy) is 1. The third-order valence-electron chi connectivity index (χ3n) is 7.02. The zero-order valence-corrected chi connectivity index (χ0v) is 21.5. The minimum Gasteiger partial charge on any atom is -0.466 e. The Morgan fingerprint density at radius 3 is 2.51 bits per heavy atom. The van der Waals surface area contributed by atoms with Gasteiger partial charge < -0.3 is 19.6 Å². The average molecular weight is 497 g/mol. The van der Waals surface area contributed by atoms with Gasteiger partial charge in [-0.1, -0.05) is 67.6 Å². The second kappa shape index (κ2) is 11.5. The summed E-state index contributed by atoms with van der Waals surface area (Å²) in [5, 5.41) is 11.8. The van der Waals surface area contributed by atoms with E-state index in [1.165, 1.54) is 0 Å². The van der Waals surface area contributed by atoms with Crippen molar-refractivity contribution in [1.29, 1.82) is 0 Å². The molecule has 0 aliphatic carbocycles. The van der Waals surface area contributed by atoms with Crippen LogP contribution in [0.1, 0.15) is 63.1 Å². The molecule has 35 heavy (non-hydrogen) atoms. The van der Waals surface area contributed by atoms with Crippen molar-refractivity contribution >= 4 is 23.8 Å². The van der Waals surface area contributed by atoms with Gasteiger partial charge in [-0.2, -0.15) is 0 Å². The number of urea groups is 1. The Morgan fingerprint density at radius 1 is 1.14 bits per heavy atom. The van der Waals surface area contributed by atoms with Crippen LogP contribution in [0.2, 0.25) is 0 Å². The van der Waals surface area contributed by atoms with Crippen LogP contribution in [-0.2, 0) is 16.1 Å². The lowest BCUT2D eigenvalue weighted by Gasteiger charge is -2.34. The molecule has 2 aliphatic rings. The zero-order chi connectivity index (χ0) is 24.8. The van der Waals surface area contributed by atoms with Crippen LogP contribution in [0.25, 0.3) is 0 Å². The van der Waals surface area contributed by atoms with Crippen molar-refractivity contribution in [2.45, 2.75) is 75.6 Å². The summed E-state index contributed by atoms with van der Waals surface area (Å²) in [6, 6.07) is 19.5. The van der Waals surface area contributed by atoms with Crippen molar-refractivity contribution in [3.63, 3.8) is 0 Å². The molecule has 2 aliphatic heterocycles. The van der Waals surface area contributed by atoms with Crippen LogP contribution in [0.15, 0.2) is 60.7 Å². The predicted octanol–water partition coefficient (Wildman–Crippen LogP) is 5.37. The second-order valence-electron chi connectivity index (χ2n) is 9.49. The van der Waals surface area contributed by atoms with Gasteiger partial charge in [0.1, 0.15) is 4.93 Å². The Morgan fingerprint density at radius 2 is 1.83 bits per heavy atom. The summed E-state index contributed by atoms with van der Waals surface area (Å²) in [6.07, 6.45) is 3.08. The fourth-order valence-corrected chi connectivity index (χ4v) is 6.79. The number of nitrogens with zero attached hydrogens (tertiary/aromatic N) is 2. The maximum Gasteiger partial charge on any atom is 0.321 e. The highest BCUT2D eigenvalue weighted by atomic mass is 32.2. The average Bonchev–Trinajstić information content (AvgIpc) is 3.35. The molecule has 0 bridgehead atoms. The number of aliphatic hydroxyl groups is 1. The van der Waals surface area contributed by atoms with E-state index in [-0.39, 0.29) is 30.1 Å². The first kappa shape index (κ1) is 25.6. The number of fused-ring (bicyclic) bond motifs is 1. The van der Waals surface area contributed by atoms with Crippen molar-refractivity contribution < 1.29 is 19.4 Å². The summed E-state index contributed by atoms with van der Waals surface area (Å²) in [4.78, 5) is 28.5. The molecule has 188 valence electrons. The molecule has 0 aromatic heterocycles. The number of esters is 1. The molecule has 4 unspecified atom stereocenters. The topological polar surface area (TPSA) is 70.1 Å². The first-order chi connectivity index (χ1) is 16.9. The highest BCUT2D eigenvalue weighted by molar-refractivity contribution is 8.00. The van der Waals surface area contributed by atoms with Gasteiger partial charge in [-0.15, -0.1) is 11.8 Å². The molecule has 0 spiro atoms. The lowest BCUT2D eigenvalue weighted by Crippen LogP contribution is -2.48. The van der Waals surface area contributed by atoms with Crippen LogP contribution in [0.5, 0.6) is 0 Å². The van der Waals surface area contributed by atoms with Gasteiger partial charge in [-0.05, 0) is 43.7 Å². The molecule has 0 radical (unpaired) electrons. The number of benzene rings is 2. The predicted molar refractivity (Wildman–Crippen MR) is 139 cm³/mol. The maximum atomic E-state index is 13.8. The van der Waals surface area contributed by atoms with E-state index in [4.69, 9.17) is 4.74 Å². The molecule has 2 saturated heterocycles. The minimum absolute atomic E-state index is 0.0259. The van der Waals surface area contributed by atoms with Crippen molar-refractivity contribution in [2.24, 2.45) is 0 Å². The maximum absolute atomic E-state index is 13.8. The quantitative estimate of drug-likeness (QED) is 0.257. The number of thioether (sulfide) groups is 1. The highest BCUT2D eigenvalue weighted by Gasteiger charge is 2.60. The van der Waals surface area contributed by atoms with Gasteiger partial charge >= 0.3 is 12.0 Å². The fourth-order valence-electron chi connectivity index (χ4n) is 5.25. The normalized spacial score (nSPS) is 24.5. The summed E-state index contributed by atoms with van der Waals surface area (Å²) in [6.45, 7) is 4.96. The molecule has 1 N–H and O–H groups in total. The molecular weight excluding hydrogens is 460 g/mol. The van der Waals surface area contributed by atoms with Crippen LogP contribution in [0.3, 0.4) is 0 Å². The van der Waals surface area contributed by atoms with E-state index in [2.05, 4.69) is 19.1 Å². The Labute approximate surface area is 212 Å². The standard InChI is InChI=1S/C28H36N2O4S/c1-3-18-34-25(31)16-10-11-17-28(33)26-24(20-35-28)30(21(2)23-14-8-5-9-15-23)27(32)29(26)19-22-12-6-4-7-13-22/h4-9,12-15,21,24,26,33H,3,10-11,16-20H2,1-2H3. The van der Waals surface area contributed by atoms with Gasteiger partial charge in [0, 0.05) is 18.7 Å². The molecule has 2 heterocycles. The van der Waals surface area contributed by atoms with E-state index in [0.717, 1.165) is 17.5 Å². The molecule has 2 amide bonds. The summed E-state index contributed by atoms with van der Waals surface area (Å²) in [5.41, 5.74) is 2.14. The summed E-state index contributed by atoms with van der Waals surface area (Å²) in [5.74, 6) is 0.508. The van der Waals surface area contributed by atoms with E-state index in [1.54, 1.807) is 11.8 Å². The molecule has 0 saturated carbocycles. The number of hydrogen-bond donors (Lipinski definition) is 1. The number of hydrogen-bond acceptors (Lipinski definition) is 5. The number of unbranched alkanes of at least 4 members (excludes halogenated alkanes) is 1. The molecule has 6 nitrogen and oxygen atoms in total. The van der Waals surface area contributed by atoms with Crippen LogP contribution < -0.4 is 0 Å². The third kappa shape index (κ3) is 5.67. The molecular formula is C28H36N2O4S. The van der Waals surface area contributed by atoms with E-state index in [1.807, 2.05) is 65.3 Å². The Balaban J connectivity index is 1.52. The van der Waals surface area contributed by atoms with Gasteiger partial charge in [-0.25, -0.2) is 4.79 Å².